The van der Waals surface area contributed by atoms with Gasteiger partial charge in [-0.1, -0.05) is 6.07 Å². The molecule has 0 N–H and O–H groups in total. The first-order valence-electron chi connectivity index (χ1n) is 8.29. The third kappa shape index (κ3) is 3.28. The Morgan fingerprint density at radius 1 is 1.16 bits per heavy atom. The van der Waals surface area contributed by atoms with Crippen LogP contribution in [-0.2, 0) is 0 Å². The van der Waals surface area contributed by atoms with Crippen molar-refractivity contribution >= 4 is 16.9 Å². The van der Waals surface area contributed by atoms with Gasteiger partial charge in [-0.25, -0.2) is 4.98 Å². The second kappa shape index (κ2) is 6.47. The van der Waals surface area contributed by atoms with Crippen LogP contribution in [-0.4, -0.2) is 45.0 Å². The number of likely N-dealkylation sites (tertiary alicyclic amines) is 1. The lowest BCUT2D eigenvalue weighted by atomic mass is 10.1. The summed E-state index contributed by atoms with van der Waals surface area (Å²) in [7, 11) is 0. The lowest BCUT2D eigenvalue weighted by Crippen LogP contribution is -2.31. The summed E-state index contributed by atoms with van der Waals surface area (Å²) in [4.78, 5) is 27.4. The molecule has 25 heavy (non-hydrogen) atoms. The number of fused-ring (bicyclic) bond motifs is 1. The van der Waals surface area contributed by atoms with Crippen molar-refractivity contribution in [1.29, 1.82) is 0 Å². The molecular weight excluding hydrogens is 316 g/mol. The minimum absolute atomic E-state index is 0.00384. The quantitative estimate of drug-likeness (QED) is 0.736. The molecular formula is C19H18N4O2. The molecule has 1 amide bonds. The molecule has 0 radical (unpaired) electrons. The summed E-state index contributed by atoms with van der Waals surface area (Å²) < 4.78 is 5.92. The van der Waals surface area contributed by atoms with E-state index in [0.29, 0.717) is 24.5 Å². The summed E-state index contributed by atoms with van der Waals surface area (Å²) in [6.45, 7) is 3.17. The molecule has 1 aliphatic rings. The topological polar surface area (TPSA) is 68.2 Å². The van der Waals surface area contributed by atoms with Gasteiger partial charge in [-0.15, -0.1) is 0 Å². The molecule has 6 nitrogen and oxygen atoms in total. The highest BCUT2D eigenvalue weighted by Crippen LogP contribution is 2.20. The van der Waals surface area contributed by atoms with Gasteiger partial charge >= 0.3 is 0 Å². The van der Waals surface area contributed by atoms with Crippen molar-refractivity contribution < 1.29 is 9.53 Å². The largest absolute Gasteiger partial charge is 0.472 e. The average molecular weight is 334 g/mol. The van der Waals surface area contributed by atoms with Crippen LogP contribution in [0.3, 0.4) is 0 Å². The standard InChI is InChI=1S/C19H18N4O2/c1-13-3-2-4-18(22-13)25-15-7-10-23(12-15)19(24)14-5-6-16-17(11-14)21-9-8-20-16/h2-6,8-9,11,15H,7,10,12H2,1H3. The summed E-state index contributed by atoms with van der Waals surface area (Å²) in [6.07, 6.45) is 4.05. The predicted molar refractivity (Wildman–Crippen MR) is 93.4 cm³/mol. The van der Waals surface area contributed by atoms with Crippen molar-refractivity contribution in [3.8, 4) is 5.88 Å². The average Bonchev–Trinajstić information content (AvgIpc) is 3.09. The Kier molecular flexibility index (Phi) is 4.01. The number of benzene rings is 1. The third-order valence-electron chi connectivity index (χ3n) is 4.30. The van der Waals surface area contributed by atoms with Crippen LogP contribution in [0.25, 0.3) is 11.0 Å². The zero-order valence-electron chi connectivity index (χ0n) is 13.9. The van der Waals surface area contributed by atoms with Gasteiger partial charge in [0.2, 0.25) is 5.88 Å². The zero-order valence-corrected chi connectivity index (χ0v) is 13.9. The second-order valence-corrected chi connectivity index (χ2v) is 6.16. The van der Waals surface area contributed by atoms with E-state index in [9.17, 15) is 4.79 Å². The molecule has 2 aromatic heterocycles. The highest BCUT2D eigenvalue weighted by molar-refractivity contribution is 5.97. The number of carbonyl (C=O) groups excluding carboxylic acids is 1. The second-order valence-electron chi connectivity index (χ2n) is 6.16. The highest BCUT2D eigenvalue weighted by atomic mass is 16.5. The summed E-state index contributed by atoms with van der Waals surface area (Å²) in [6, 6.07) is 11.1. The fourth-order valence-electron chi connectivity index (χ4n) is 3.04. The van der Waals surface area contributed by atoms with E-state index in [4.69, 9.17) is 4.74 Å². The maximum absolute atomic E-state index is 12.7. The Labute approximate surface area is 145 Å². The van der Waals surface area contributed by atoms with Gasteiger partial charge in [0.1, 0.15) is 6.10 Å². The van der Waals surface area contributed by atoms with Gasteiger partial charge in [0.05, 0.1) is 17.6 Å². The molecule has 1 saturated heterocycles. The molecule has 3 heterocycles. The van der Waals surface area contributed by atoms with Crippen molar-refractivity contribution in [2.24, 2.45) is 0 Å². The minimum atomic E-state index is -0.0292. The fraction of sp³-hybridized carbons (Fsp3) is 0.263. The van der Waals surface area contributed by atoms with E-state index in [-0.39, 0.29) is 12.0 Å². The van der Waals surface area contributed by atoms with Gasteiger partial charge in [0.15, 0.2) is 0 Å². The Hall–Kier alpha value is -3.02. The number of hydrogen-bond donors (Lipinski definition) is 0. The van der Waals surface area contributed by atoms with E-state index in [1.807, 2.05) is 36.1 Å². The fourth-order valence-corrected chi connectivity index (χ4v) is 3.04. The molecule has 1 aliphatic heterocycles. The van der Waals surface area contributed by atoms with Gasteiger partial charge in [0.25, 0.3) is 5.91 Å². The van der Waals surface area contributed by atoms with Crippen LogP contribution in [0.5, 0.6) is 5.88 Å². The molecule has 3 aromatic rings. The Morgan fingerprint density at radius 2 is 2.00 bits per heavy atom. The van der Waals surface area contributed by atoms with Gasteiger partial charge < -0.3 is 9.64 Å². The molecule has 0 spiro atoms. The maximum atomic E-state index is 12.7. The molecule has 1 fully saturated rings. The first-order chi connectivity index (χ1) is 12.2. The maximum Gasteiger partial charge on any atom is 0.254 e. The van der Waals surface area contributed by atoms with Crippen molar-refractivity contribution in [3.63, 3.8) is 0 Å². The Balaban J connectivity index is 1.46. The first-order valence-corrected chi connectivity index (χ1v) is 8.29. The normalized spacial score (nSPS) is 17.0. The summed E-state index contributed by atoms with van der Waals surface area (Å²) in [5.74, 6) is 0.608. The molecule has 1 unspecified atom stereocenters. The van der Waals surface area contributed by atoms with Crippen LogP contribution in [0.15, 0.2) is 48.8 Å². The number of nitrogens with zero attached hydrogens (tertiary/aromatic N) is 4. The van der Waals surface area contributed by atoms with Gasteiger partial charge in [0, 0.05) is 42.7 Å². The number of hydrogen-bond acceptors (Lipinski definition) is 5. The predicted octanol–water partition coefficient (Wildman–Crippen LogP) is 2.63. The summed E-state index contributed by atoms with van der Waals surface area (Å²) in [5, 5.41) is 0. The van der Waals surface area contributed by atoms with Crippen molar-refractivity contribution in [1.82, 2.24) is 19.9 Å². The molecule has 1 atom stereocenters. The van der Waals surface area contributed by atoms with Crippen molar-refractivity contribution in [2.45, 2.75) is 19.4 Å². The van der Waals surface area contributed by atoms with E-state index >= 15 is 0 Å². The van der Waals surface area contributed by atoms with Crippen LogP contribution in [0.2, 0.25) is 0 Å². The summed E-state index contributed by atoms with van der Waals surface area (Å²) >= 11 is 0. The molecule has 0 bridgehead atoms. The number of pyridine rings is 1. The van der Waals surface area contributed by atoms with E-state index in [0.717, 1.165) is 23.1 Å². The van der Waals surface area contributed by atoms with Gasteiger partial charge in [-0.3, -0.25) is 14.8 Å². The molecule has 4 rings (SSSR count). The number of aryl methyl sites for hydroxylation is 1. The number of rotatable bonds is 3. The zero-order chi connectivity index (χ0) is 17.2. The van der Waals surface area contributed by atoms with Crippen LogP contribution < -0.4 is 4.74 Å². The van der Waals surface area contributed by atoms with Crippen LogP contribution >= 0.6 is 0 Å². The molecule has 6 heteroatoms. The highest BCUT2D eigenvalue weighted by Gasteiger charge is 2.28. The van der Waals surface area contributed by atoms with Gasteiger partial charge in [-0.05, 0) is 31.2 Å². The van der Waals surface area contributed by atoms with E-state index in [1.54, 1.807) is 24.5 Å². The third-order valence-corrected chi connectivity index (χ3v) is 4.30. The van der Waals surface area contributed by atoms with E-state index in [1.165, 1.54) is 0 Å². The Bertz CT molecular complexity index is 928. The smallest absolute Gasteiger partial charge is 0.254 e. The molecule has 0 aliphatic carbocycles. The van der Waals surface area contributed by atoms with Crippen LogP contribution in [0.1, 0.15) is 22.5 Å². The van der Waals surface area contributed by atoms with E-state index in [2.05, 4.69) is 15.0 Å². The number of ether oxygens (including phenoxy) is 1. The number of amides is 1. The SMILES string of the molecule is Cc1cccc(OC2CCN(C(=O)c3ccc4nccnc4c3)C2)n1. The van der Waals surface area contributed by atoms with Crippen LogP contribution in [0.4, 0.5) is 0 Å². The molecule has 1 aromatic carbocycles. The number of aromatic nitrogens is 3. The molecule has 126 valence electrons. The van der Waals surface area contributed by atoms with Crippen LogP contribution in [0, 0.1) is 6.92 Å². The lowest BCUT2D eigenvalue weighted by Gasteiger charge is -2.17. The Morgan fingerprint density at radius 3 is 2.84 bits per heavy atom. The number of carbonyl (C=O) groups is 1. The monoisotopic (exact) mass is 334 g/mol. The molecule has 0 saturated carbocycles. The lowest BCUT2D eigenvalue weighted by molar-refractivity contribution is 0.0771. The van der Waals surface area contributed by atoms with E-state index < -0.39 is 0 Å². The minimum Gasteiger partial charge on any atom is -0.472 e. The van der Waals surface area contributed by atoms with Crippen molar-refractivity contribution in [2.75, 3.05) is 13.1 Å². The first kappa shape index (κ1) is 15.5. The van der Waals surface area contributed by atoms with Gasteiger partial charge in [-0.2, -0.15) is 0 Å². The summed E-state index contributed by atoms with van der Waals surface area (Å²) in [5.41, 5.74) is 3.06. The van der Waals surface area contributed by atoms with Crippen molar-refractivity contribution in [3.05, 3.63) is 60.0 Å².